The quantitative estimate of drug-likeness (QED) is 0.671. The zero-order valence-electron chi connectivity index (χ0n) is 16.3. The Morgan fingerprint density at radius 3 is 2.34 bits per heavy atom. The molecule has 0 bridgehead atoms. The number of anilines is 2. The van der Waals surface area contributed by atoms with Gasteiger partial charge in [-0.25, -0.2) is 9.18 Å². The number of alkyl halides is 3. The summed E-state index contributed by atoms with van der Waals surface area (Å²) in [7, 11) is 0. The predicted molar refractivity (Wildman–Crippen MR) is 102 cm³/mol. The number of nitrogens with zero attached hydrogens (tertiary/aromatic N) is 1. The van der Waals surface area contributed by atoms with Crippen LogP contribution in [-0.2, 0) is 17.3 Å². The maximum absolute atomic E-state index is 14.4. The second-order valence-electron chi connectivity index (χ2n) is 7.94. The molecule has 3 rings (SSSR count). The number of carbonyl (C=O) groups is 1. The summed E-state index contributed by atoms with van der Waals surface area (Å²) in [6.07, 6.45) is -4.82. The highest BCUT2D eigenvalue weighted by Crippen LogP contribution is 2.37. The zero-order valence-corrected chi connectivity index (χ0v) is 16.3. The molecule has 1 N–H and O–H groups in total. The van der Waals surface area contributed by atoms with E-state index in [1.807, 2.05) is 0 Å². The summed E-state index contributed by atoms with van der Waals surface area (Å²) in [5, 5.41) is 2.73. The number of hydrogen-bond acceptors (Lipinski definition) is 3. The molecule has 0 spiro atoms. The van der Waals surface area contributed by atoms with Crippen molar-refractivity contribution in [2.24, 2.45) is 0 Å². The highest BCUT2D eigenvalue weighted by Gasteiger charge is 2.32. The largest absolute Gasteiger partial charge is 0.444 e. The minimum Gasteiger partial charge on any atom is -0.444 e. The fourth-order valence-electron chi connectivity index (χ4n) is 3.28. The Kier molecular flexibility index (Phi) is 5.47. The van der Waals surface area contributed by atoms with Crippen LogP contribution in [0, 0.1) is 5.82 Å². The highest BCUT2D eigenvalue weighted by atomic mass is 19.4. The van der Waals surface area contributed by atoms with Gasteiger partial charge in [-0.2, -0.15) is 13.2 Å². The molecule has 0 saturated carbocycles. The molecule has 1 amide bonds. The maximum Gasteiger partial charge on any atom is 0.416 e. The van der Waals surface area contributed by atoms with Crippen LogP contribution < -0.4 is 10.2 Å². The number of rotatable bonds is 2. The second-order valence-corrected chi connectivity index (χ2v) is 7.94. The third-order valence-electron chi connectivity index (χ3n) is 4.47. The Morgan fingerprint density at radius 2 is 1.76 bits per heavy atom. The Hall–Kier alpha value is -2.77. The molecule has 29 heavy (non-hydrogen) atoms. The van der Waals surface area contributed by atoms with E-state index in [0.29, 0.717) is 16.9 Å². The van der Waals surface area contributed by atoms with Gasteiger partial charge in [0.1, 0.15) is 11.4 Å². The third kappa shape index (κ3) is 4.99. The van der Waals surface area contributed by atoms with Crippen molar-refractivity contribution < 1.29 is 27.1 Å². The Labute approximate surface area is 166 Å². The van der Waals surface area contributed by atoms with E-state index < -0.39 is 35.3 Å². The van der Waals surface area contributed by atoms with Crippen molar-refractivity contribution in [2.75, 3.05) is 11.4 Å². The number of fused-ring (bicyclic) bond motifs is 1. The fraction of sp³-hybridized carbons (Fsp3) is 0.381. The molecular weight excluding hydrogens is 388 g/mol. The van der Waals surface area contributed by atoms with E-state index in [1.165, 1.54) is 18.2 Å². The standard InChI is InChI=1S/C21H22F4N2O2/c1-20(2,3)29-19(28)26-14-11-16-17(22)5-4-6-18(16)27(12-14)15-9-7-13(8-10-15)21(23,24)25/h4-10,14H,11-12H2,1-3H3,(H,26,28). The molecule has 1 atom stereocenters. The highest BCUT2D eigenvalue weighted by molar-refractivity contribution is 5.72. The number of hydrogen-bond donors (Lipinski definition) is 1. The first-order valence-electron chi connectivity index (χ1n) is 9.16. The van der Waals surface area contributed by atoms with E-state index in [9.17, 15) is 22.4 Å². The predicted octanol–water partition coefficient (Wildman–Crippen LogP) is 5.43. The van der Waals surface area contributed by atoms with Crippen molar-refractivity contribution >= 4 is 17.5 Å². The summed E-state index contributed by atoms with van der Waals surface area (Å²) in [5.74, 6) is -0.435. The lowest BCUT2D eigenvalue weighted by Gasteiger charge is -2.37. The van der Waals surface area contributed by atoms with Gasteiger partial charge in [0.2, 0.25) is 0 Å². The smallest absolute Gasteiger partial charge is 0.416 e. The summed E-state index contributed by atoms with van der Waals surface area (Å²) in [4.78, 5) is 13.8. The Bertz CT molecular complexity index is 889. The van der Waals surface area contributed by atoms with Gasteiger partial charge in [0.05, 0.1) is 11.6 Å². The van der Waals surface area contributed by atoms with Gasteiger partial charge in [-0.1, -0.05) is 6.07 Å². The lowest BCUT2D eigenvalue weighted by Crippen LogP contribution is -2.48. The minimum absolute atomic E-state index is 0.248. The Balaban J connectivity index is 1.90. The van der Waals surface area contributed by atoms with Gasteiger partial charge in [-0.3, -0.25) is 0 Å². The third-order valence-corrected chi connectivity index (χ3v) is 4.47. The monoisotopic (exact) mass is 410 g/mol. The van der Waals surface area contributed by atoms with E-state index in [2.05, 4.69) is 5.32 Å². The molecule has 156 valence electrons. The average Bonchev–Trinajstić information content (AvgIpc) is 2.59. The molecule has 0 aromatic heterocycles. The minimum atomic E-state index is -4.44. The summed E-state index contributed by atoms with van der Waals surface area (Å²) in [6, 6.07) is 8.75. The fourth-order valence-corrected chi connectivity index (χ4v) is 3.28. The molecule has 1 unspecified atom stereocenters. The van der Waals surface area contributed by atoms with Crippen LogP contribution in [0.15, 0.2) is 42.5 Å². The van der Waals surface area contributed by atoms with Crippen molar-refractivity contribution in [1.29, 1.82) is 0 Å². The zero-order chi connectivity index (χ0) is 21.4. The van der Waals surface area contributed by atoms with Crippen molar-refractivity contribution in [3.8, 4) is 0 Å². The number of halogens is 4. The number of benzene rings is 2. The lowest BCUT2D eigenvalue weighted by molar-refractivity contribution is -0.137. The van der Waals surface area contributed by atoms with Crippen LogP contribution in [0.1, 0.15) is 31.9 Å². The summed E-state index contributed by atoms with van der Waals surface area (Å²) in [6.45, 7) is 5.46. The van der Waals surface area contributed by atoms with Crippen molar-refractivity contribution in [1.82, 2.24) is 5.32 Å². The molecule has 2 aromatic rings. The number of alkyl carbamates (subject to hydrolysis) is 1. The lowest BCUT2D eigenvalue weighted by atomic mass is 9.96. The van der Waals surface area contributed by atoms with Crippen LogP contribution in [0.4, 0.5) is 33.7 Å². The second kappa shape index (κ2) is 7.57. The van der Waals surface area contributed by atoms with Gasteiger partial charge in [-0.15, -0.1) is 0 Å². The van der Waals surface area contributed by atoms with E-state index >= 15 is 0 Å². The molecule has 2 aromatic carbocycles. The van der Waals surface area contributed by atoms with Crippen LogP contribution in [0.2, 0.25) is 0 Å². The van der Waals surface area contributed by atoms with E-state index in [0.717, 1.165) is 12.1 Å². The molecule has 0 aliphatic carbocycles. The number of nitrogens with one attached hydrogen (secondary N) is 1. The van der Waals surface area contributed by atoms with Crippen LogP contribution in [0.3, 0.4) is 0 Å². The van der Waals surface area contributed by atoms with Crippen LogP contribution in [-0.4, -0.2) is 24.3 Å². The molecule has 0 saturated heterocycles. The van der Waals surface area contributed by atoms with Gasteiger partial charge in [0.25, 0.3) is 0 Å². The summed E-state index contributed by atoms with van der Waals surface area (Å²) in [5.41, 5.74) is -0.0249. The van der Waals surface area contributed by atoms with Gasteiger partial charge < -0.3 is 15.0 Å². The SMILES string of the molecule is CC(C)(C)OC(=O)NC1Cc2c(F)cccc2N(c2ccc(C(F)(F)F)cc2)C1. The van der Waals surface area contributed by atoms with Crippen LogP contribution >= 0.6 is 0 Å². The van der Waals surface area contributed by atoms with Gasteiger partial charge in [0, 0.05) is 23.5 Å². The molecular formula is C21H22F4N2O2. The summed E-state index contributed by atoms with van der Waals surface area (Å²) >= 11 is 0. The molecule has 1 aliphatic heterocycles. The van der Waals surface area contributed by atoms with Gasteiger partial charge in [-0.05, 0) is 63.6 Å². The van der Waals surface area contributed by atoms with E-state index in [4.69, 9.17) is 4.74 Å². The molecule has 0 fully saturated rings. The van der Waals surface area contributed by atoms with Gasteiger partial charge in [0.15, 0.2) is 0 Å². The van der Waals surface area contributed by atoms with Crippen molar-refractivity contribution in [2.45, 2.75) is 45.0 Å². The van der Waals surface area contributed by atoms with Crippen molar-refractivity contribution in [3.05, 3.63) is 59.4 Å². The van der Waals surface area contributed by atoms with Crippen LogP contribution in [0.5, 0.6) is 0 Å². The number of amides is 1. The first-order valence-corrected chi connectivity index (χ1v) is 9.16. The molecule has 0 radical (unpaired) electrons. The maximum atomic E-state index is 14.4. The van der Waals surface area contributed by atoms with E-state index in [-0.39, 0.29) is 13.0 Å². The van der Waals surface area contributed by atoms with Crippen molar-refractivity contribution in [3.63, 3.8) is 0 Å². The average molecular weight is 410 g/mol. The number of carbonyl (C=O) groups excluding carboxylic acids is 1. The van der Waals surface area contributed by atoms with Crippen LogP contribution in [0.25, 0.3) is 0 Å². The first-order chi connectivity index (χ1) is 13.4. The summed E-state index contributed by atoms with van der Waals surface area (Å²) < 4.78 is 58.3. The van der Waals surface area contributed by atoms with E-state index in [1.54, 1.807) is 37.8 Å². The number of ether oxygens (including phenoxy) is 1. The Morgan fingerprint density at radius 1 is 1.10 bits per heavy atom. The normalized spacial score (nSPS) is 16.9. The molecule has 1 aliphatic rings. The first kappa shape index (κ1) is 21.0. The van der Waals surface area contributed by atoms with Gasteiger partial charge >= 0.3 is 12.3 Å². The topological polar surface area (TPSA) is 41.6 Å². The molecule has 8 heteroatoms. The molecule has 1 heterocycles. The molecule has 4 nitrogen and oxygen atoms in total.